The fourth-order valence-electron chi connectivity index (χ4n) is 3.53. The average Bonchev–Trinajstić information content (AvgIpc) is 2.76. The Bertz CT molecular complexity index is 1190. The molecule has 0 aromatic heterocycles. The van der Waals surface area contributed by atoms with Crippen LogP contribution in [-0.2, 0) is 19.7 Å². The number of anilines is 1. The van der Waals surface area contributed by atoms with Crippen molar-refractivity contribution in [1.82, 2.24) is 0 Å². The first-order chi connectivity index (χ1) is 16.0. The maximum atomic E-state index is 12.2. The van der Waals surface area contributed by atoms with Crippen molar-refractivity contribution in [2.45, 2.75) is 51.3 Å². The van der Waals surface area contributed by atoms with Gasteiger partial charge in [-0.15, -0.1) is 0 Å². The van der Waals surface area contributed by atoms with Crippen LogP contribution in [-0.4, -0.2) is 46.8 Å². The monoisotopic (exact) mass is 487 g/mol. The SMILES string of the molecule is CC(=O)N(/C=C/C(C)=[N+](\CCCCCC(=O)O)c1ccc(S(=O)(=O)O)cc1C)c1ccccc1. The van der Waals surface area contributed by atoms with Crippen LogP contribution in [0.4, 0.5) is 11.4 Å². The van der Waals surface area contributed by atoms with Crippen LogP contribution in [0.5, 0.6) is 0 Å². The second-order valence-electron chi connectivity index (χ2n) is 7.96. The topological polar surface area (TPSA) is 115 Å². The van der Waals surface area contributed by atoms with Crippen molar-refractivity contribution in [3.63, 3.8) is 0 Å². The summed E-state index contributed by atoms with van der Waals surface area (Å²) in [6.45, 7) is 5.68. The molecule has 34 heavy (non-hydrogen) atoms. The van der Waals surface area contributed by atoms with Gasteiger partial charge in [0.05, 0.1) is 4.90 Å². The van der Waals surface area contributed by atoms with Gasteiger partial charge in [-0.05, 0) is 44.0 Å². The van der Waals surface area contributed by atoms with Crippen LogP contribution in [0.1, 0.15) is 45.1 Å². The summed E-state index contributed by atoms with van der Waals surface area (Å²) in [4.78, 5) is 24.3. The van der Waals surface area contributed by atoms with Crippen LogP contribution in [0.25, 0.3) is 0 Å². The van der Waals surface area contributed by atoms with Crippen molar-refractivity contribution in [3.8, 4) is 0 Å². The maximum Gasteiger partial charge on any atom is 0.303 e. The zero-order chi connectivity index (χ0) is 25.3. The number of allylic oxidation sites excluding steroid dienone is 1. The molecule has 2 N–H and O–H groups in total. The number of aliphatic carboxylic acids is 1. The molecule has 0 radical (unpaired) electrons. The van der Waals surface area contributed by atoms with E-state index in [1.54, 1.807) is 19.2 Å². The summed E-state index contributed by atoms with van der Waals surface area (Å²) in [6.07, 6.45) is 5.59. The van der Waals surface area contributed by atoms with Crippen molar-refractivity contribution in [3.05, 3.63) is 66.4 Å². The number of hydrogen-bond donors (Lipinski definition) is 2. The minimum absolute atomic E-state index is 0.106. The number of aryl methyl sites for hydroxylation is 1. The number of hydrogen-bond acceptors (Lipinski definition) is 4. The molecule has 2 aromatic carbocycles. The molecule has 0 heterocycles. The summed E-state index contributed by atoms with van der Waals surface area (Å²) in [5, 5.41) is 8.85. The van der Waals surface area contributed by atoms with E-state index in [-0.39, 0.29) is 17.2 Å². The highest BCUT2D eigenvalue weighted by molar-refractivity contribution is 7.85. The molecule has 8 nitrogen and oxygen atoms in total. The van der Waals surface area contributed by atoms with Crippen LogP contribution < -0.4 is 4.90 Å². The predicted octanol–water partition coefficient (Wildman–Crippen LogP) is 4.56. The Labute approximate surface area is 200 Å². The van der Waals surface area contributed by atoms with E-state index in [0.29, 0.717) is 31.4 Å². The van der Waals surface area contributed by atoms with Crippen LogP contribution in [0.15, 0.2) is 65.7 Å². The zero-order valence-corrected chi connectivity index (χ0v) is 20.5. The number of carboxylic acids is 1. The summed E-state index contributed by atoms with van der Waals surface area (Å²) >= 11 is 0. The number of nitrogens with zero attached hydrogens (tertiary/aromatic N) is 2. The molecule has 0 fully saturated rings. The number of carbonyl (C=O) groups is 2. The number of para-hydroxylation sites is 1. The lowest BCUT2D eigenvalue weighted by atomic mass is 10.1. The van der Waals surface area contributed by atoms with Crippen molar-refractivity contribution in [2.75, 3.05) is 11.4 Å². The van der Waals surface area contributed by atoms with E-state index in [2.05, 4.69) is 0 Å². The van der Waals surface area contributed by atoms with Crippen LogP contribution >= 0.6 is 0 Å². The summed E-state index contributed by atoms with van der Waals surface area (Å²) in [5.41, 5.74) is 2.94. The normalized spacial score (nSPS) is 12.5. The van der Waals surface area contributed by atoms with E-state index in [0.717, 1.165) is 17.1 Å². The minimum Gasteiger partial charge on any atom is -0.481 e. The Morgan fingerprint density at radius 2 is 1.71 bits per heavy atom. The predicted molar refractivity (Wildman–Crippen MR) is 131 cm³/mol. The van der Waals surface area contributed by atoms with Gasteiger partial charge in [0, 0.05) is 56.3 Å². The van der Waals surface area contributed by atoms with Crippen molar-refractivity contribution < 1.29 is 32.2 Å². The van der Waals surface area contributed by atoms with Crippen molar-refractivity contribution in [2.24, 2.45) is 0 Å². The quantitative estimate of drug-likeness (QED) is 0.208. The van der Waals surface area contributed by atoms with Crippen molar-refractivity contribution in [1.29, 1.82) is 0 Å². The third kappa shape index (κ3) is 7.93. The lowest BCUT2D eigenvalue weighted by Gasteiger charge is -2.16. The summed E-state index contributed by atoms with van der Waals surface area (Å²) in [7, 11) is -4.32. The lowest BCUT2D eigenvalue weighted by Crippen LogP contribution is -2.23. The highest BCUT2D eigenvalue weighted by Gasteiger charge is 2.19. The molecule has 2 aromatic rings. The molecule has 0 spiro atoms. The van der Waals surface area contributed by atoms with E-state index < -0.39 is 16.1 Å². The second-order valence-corrected chi connectivity index (χ2v) is 9.38. The summed E-state index contributed by atoms with van der Waals surface area (Å²) < 4.78 is 34.4. The molecule has 182 valence electrons. The van der Waals surface area contributed by atoms with Crippen molar-refractivity contribution >= 4 is 39.1 Å². The van der Waals surface area contributed by atoms with Gasteiger partial charge in [0.2, 0.25) is 11.6 Å². The number of carbonyl (C=O) groups excluding carboxylic acids is 1. The van der Waals surface area contributed by atoms with Crippen LogP contribution in [0.2, 0.25) is 0 Å². The molecule has 0 atom stereocenters. The van der Waals surface area contributed by atoms with Crippen LogP contribution in [0, 0.1) is 6.92 Å². The van der Waals surface area contributed by atoms with Gasteiger partial charge in [-0.1, -0.05) is 18.2 Å². The smallest absolute Gasteiger partial charge is 0.303 e. The Morgan fingerprint density at radius 1 is 1.03 bits per heavy atom. The lowest BCUT2D eigenvalue weighted by molar-refractivity contribution is -0.441. The molecule has 9 heteroatoms. The van der Waals surface area contributed by atoms with Gasteiger partial charge in [0.15, 0.2) is 5.71 Å². The Kier molecular flexibility index (Phi) is 9.70. The summed E-state index contributed by atoms with van der Waals surface area (Å²) in [5.74, 6) is -0.978. The van der Waals surface area contributed by atoms with E-state index in [9.17, 15) is 22.6 Å². The largest absolute Gasteiger partial charge is 0.481 e. The van der Waals surface area contributed by atoms with E-state index >= 15 is 0 Å². The van der Waals surface area contributed by atoms with Gasteiger partial charge in [0.25, 0.3) is 10.1 Å². The van der Waals surface area contributed by atoms with Gasteiger partial charge in [-0.25, -0.2) is 0 Å². The Morgan fingerprint density at radius 3 is 2.26 bits per heavy atom. The molecule has 0 saturated carbocycles. The minimum atomic E-state index is -4.32. The number of unbranched alkanes of at least 4 members (excludes halogenated alkanes) is 2. The first kappa shape index (κ1) is 26.9. The molecule has 0 aliphatic rings. The van der Waals surface area contributed by atoms with Gasteiger partial charge in [0.1, 0.15) is 6.54 Å². The van der Waals surface area contributed by atoms with Crippen LogP contribution in [0.3, 0.4) is 0 Å². The van der Waals surface area contributed by atoms with Gasteiger partial charge >= 0.3 is 5.97 Å². The Hall–Kier alpha value is -3.30. The molecular weight excluding hydrogens is 456 g/mol. The number of amides is 1. The molecule has 0 aliphatic carbocycles. The first-order valence-corrected chi connectivity index (χ1v) is 12.4. The third-order valence-corrected chi connectivity index (χ3v) is 6.14. The fourth-order valence-corrected chi connectivity index (χ4v) is 4.10. The molecule has 0 unspecified atom stereocenters. The molecular formula is C25H31N2O6S+. The highest BCUT2D eigenvalue weighted by atomic mass is 32.2. The molecule has 0 bridgehead atoms. The van der Waals surface area contributed by atoms with E-state index in [1.165, 1.54) is 24.0 Å². The van der Waals surface area contributed by atoms with Gasteiger partial charge < -0.3 is 5.11 Å². The van der Waals surface area contributed by atoms with Gasteiger partial charge in [-0.3, -0.25) is 19.0 Å². The molecule has 2 rings (SSSR count). The number of benzene rings is 2. The maximum absolute atomic E-state index is 12.2. The van der Waals surface area contributed by atoms with E-state index in [1.807, 2.05) is 47.9 Å². The molecule has 0 saturated heterocycles. The number of rotatable bonds is 11. The summed E-state index contributed by atoms with van der Waals surface area (Å²) in [6, 6.07) is 13.6. The second kappa shape index (κ2) is 12.2. The zero-order valence-electron chi connectivity index (χ0n) is 19.6. The average molecular weight is 488 g/mol. The highest BCUT2D eigenvalue weighted by Crippen LogP contribution is 2.23. The fraction of sp³-hybridized carbons (Fsp3) is 0.320. The van der Waals surface area contributed by atoms with E-state index in [4.69, 9.17) is 5.11 Å². The Balaban J connectivity index is 2.41. The van der Waals surface area contributed by atoms with Gasteiger partial charge in [-0.2, -0.15) is 13.0 Å². The molecule has 0 aliphatic heterocycles. The number of carboxylic acid groups (broad SMARTS) is 1. The third-order valence-electron chi connectivity index (χ3n) is 5.29. The molecule has 1 amide bonds. The standard InChI is InChI=1S/C25H30N2O6S/c1-19-18-23(34(31,32)33)13-14-24(19)26(16-9-5-8-12-25(29)30)20(2)15-17-27(21(3)28)22-10-6-4-7-11-22/h4,6-7,10-11,13-15,17-18H,5,8-9,12,16H2,1-3H3,(H-,29,30,31,32,33)/p+1. The first-order valence-electron chi connectivity index (χ1n) is 10.9.